The Morgan fingerprint density at radius 2 is 2.11 bits per heavy atom. The van der Waals surface area contributed by atoms with Gasteiger partial charge in [-0.25, -0.2) is 9.37 Å². The van der Waals surface area contributed by atoms with Gasteiger partial charge < -0.3 is 4.90 Å². The second kappa shape index (κ2) is 5.86. The van der Waals surface area contributed by atoms with Crippen molar-refractivity contribution in [3.8, 4) is 0 Å². The summed E-state index contributed by atoms with van der Waals surface area (Å²) >= 11 is 3.12. The zero-order chi connectivity index (χ0) is 13.1. The van der Waals surface area contributed by atoms with E-state index >= 15 is 0 Å². The second-order valence-corrected chi connectivity index (χ2v) is 5.40. The topological polar surface area (TPSA) is 36.4 Å². The predicted molar refractivity (Wildman–Crippen MR) is 70.2 cm³/mol. The van der Waals surface area contributed by atoms with Crippen molar-refractivity contribution >= 4 is 21.7 Å². The van der Waals surface area contributed by atoms with Gasteiger partial charge in [-0.1, -0.05) is 0 Å². The summed E-state index contributed by atoms with van der Waals surface area (Å²) in [6, 6.07) is 1.27. The predicted octanol–water partition coefficient (Wildman–Crippen LogP) is 1.41. The van der Waals surface area contributed by atoms with Crippen LogP contribution in [0.5, 0.6) is 0 Å². The van der Waals surface area contributed by atoms with E-state index < -0.39 is 5.82 Å². The third-order valence-corrected chi connectivity index (χ3v) is 3.47. The van der Waals surface area contributed by atoms with Gasteiger partial charge in [0.05, 0.1) is 6.54 Å². The van der Waals surface area contributed by atoms with Gasteiger partial charge in [0.25, 0.3) is 0 Å². The summed E-state index contributed by atoms with van der Waals surface area (Å²) in [7, 11) is 2.05. The number of rotatable bonds is 3. The van der Waals surface area contributed by atoms with Crippen LogP contribution < -0.4 is 0 Å². The summed E-state index contributed by atoms with van der Waals surface area (Å²) in [5, 5.41) is 0. The number of Topliss-reactive ketones (excluding diaryl/α,β-unsaturated/α-hetero) is 1. The van der Waals surface area contributed by atoms with E-state index in [1.54, 1.807) is 0 Å². The number of carbonyl (C=O) groups excluding carboxylic acids is 1. The minimum absolute atomic E-state index is 0.0721. The number of nitrogens with zero attached hydrogens (tertiary/aromatic N) is 3. The molecule has 0 spiro atoms. The number of piperazine rings is 1. The van der Waals surface area contributed by atoms with Crippen LogP contribution in [0.1, 0.15) is 10.5 Å². The average molecular weight is 316 g/mol. The third kappa shape index (κ3) is 3.34. The van der Waals surface area contributed by atoms with Crippen molar-refractivity contribution in [2.75, 3.05) is 39.8 Å². The van der Waals surface area contributed by atoms with Gasteiger partial charge in [0.1, 0.15) is 5.69 Å². The van der Waals surface area contributed by atoms with Gasteiger partial charge in [0.2, 0.25) is 0 Å². The van der Waals surface area contributed by atoms with Crippen LogP contribution in [0.4, 0.5) is 4.39 Å². The Bertz CT molecular complexity index is 447. The molecule has 6 heteroatoms. The number of pyridine rings is 1. The number of hydrogen-bond donors (Lipinski definition) is 0. The Labute approximate surface area is 114 Å². The van der Waals surface area contributed by atoms with Crippen LogP contribution in [-0.4, -0.2) is 60.3 Å². The average Bonchev–Trinajstić information content (AvgIpc) is 2.32. The van der Waals surface area contributed by atoms with Crippen molar-refractivity contribution < 1.29 is 9.18 Å². The van der Waals surface area contributed by atoms with Crippen LogP contribution in [-0.2, 0) is 0 Å². The highest BCUT2D eigenvalue weighted by Gasteiger charge is 2.20. The van der Waals surface area contributed by atoms with Gasteiger partial charge in [-0.15, -0.1) is 0 Å². The first kappa shape index (κ1) is 13.6. The number of ketones is 1. The van der Waals surface area contributed by atoms with E-state index in [2.05, 4.69) is 32.9 Å². The van der Waals surface area contributed by atoms with Crippen LogP contribution in [0, 0.1) is 5.82 Å². The molecule has 0 atom stereocenters. The summed E-state index contributed by atoms with van der Waals surface area (Å²) in [6.45, 7) is 3.77. The van der Waals surface area contributed by atoms with E-state index in [4.69, 9.17) is 0 Å². The first-order valence-corrected chi connectivity index (χ1v) is 6.60. The van der Waals surface area contributed by atoms with E-state index in [1.807, 2.05) is 4.90 Å². The quantitative estimate of drug-likeness (QED) is 0.790. The smallest absolute Gasteiger partial charge is 0.198 e. The van der Waals surface area contributed by atoms with Gasteiger partial charge in [-0.3, -0.25) is 9.69 Å². The lowest BCUT2D eigenvalue weighted by molar-refractivity contribution is 0.0867. The number of carbonyl (C=O) groups is 1. The summed E-state index contributed by atoms with van der Waals surface area (Å²) in [5.74, 6) is -0.826. The maximum atomic E-state index is 13.6. The molecule has 1 aromatic heterocycles. The summed E-state index contributed by atoms with van der Waals surface area (Å²) in [4.78, 5) is 20.0. The van der Waals surface area contributed by atoms with Gasteiger partial charge in [-0.2, -0.15) is 0 Å². The zero-order valence-corrected chi connectivity index (χ0v) is 11.8. The maximum absolute atomic E-state index is 13.6. The van der Waals surface area contributed by atoms with E-state index in [9.17, 15) is 9.18 Å². The molecule has 0 unspecified atom stereocenters. The van der Waals surface area contributed by atoms with Gasteiger partial charge >= 0.3 is 0 Å². The lowest BCUT2D eigenvalue weighted by Gasteiger charge is -2.31. The molecule has 4 nitrogen and oxygen atoms in total. The van der Waals surface area contributed by atoms with Gasteiger partial charge in [0, 0.05) is 36.8 Å². The second-order valence-electron chi connectivity index (χ2n) is 4.49. The molecule has 2 rings (SSSR count). The minimum Gasteiger partial charge on any atom is -0.304 e. The first-order valence-electron chi connectivity index (χ1n) is 5.81. The molecular formula is C12H15BrFN3O. The molecule has 0 radical (unpaired) electrons. The first-order chi connectivity index (χ1) is 8.56. The molecule has 1 aromatic rings. The van der Waals surface area contributed by atoms with E-state index in [0.717, 1.165) is 26.2 Å². The highest BCUT2D eigenvalue weighted by atomic mass is 79.9. The molecule has 1 aliphatic heterocycles. The summed E-state index contributed by atoms with van der Waals surface area (Å²) in [6.07, 6.45) is 1.44. The molecule has 1 fully saturated rings. The van der Waals surface area contributed by atoms with Crippen molar-refractivity contribution in [1.82, 2.24) is 14.8 Å². The fourth-order valence-electron chi connectivity index (χ4n) is 1.90. The van der Waals surface area contributed by atoms with Crippen molar-refractivity contribution in [3.05, 3.63) is 28.2 Å². The Morgan fingerprint density at radius 1 is 1.44 bits per heavy atom. The van der Waals surface area contributed by atoms with Crippen molar-refractivity contribution in [1.29, 1.82) is 0 Å². The Kier molecular flexibility index (Phi) is 4.42. The molecule has 0 bridgehead atoms. The number of hydrogen-bond acceptors (Lipinski definition) is 4. The monoisotopic (exact) mass is 315 g/mol. The summed E-state index contributed by atoms with van der Waals surface area (Å²) in [5.41, 5.74) is -0.0721. The van der Waals surface area contributed by atoms with Gasteiger partial charge in [-0.05, 0) is 29.0 Å². The number of halogens is 2. The Morgan fingerprint density at radius 3 is 2.72 bits per heavy atom. The molecule has 0 N–H and O–H groups in total. The molecule has 0 aromatic carbocycles. The van der Waals surface area contributed by atoms with Crippen molar-refractivity contribution in [3.63, 3.8) is 0 Å². The minimum atomic E-state index is -0.566. The molecule has 1 aliphatic rings. The van der Waals surface area contributed by atoms with Crippen LogP contribution in [0.3, 0.4) is 0 Å². The van der Waals surface area contributed by atoms with E-state index in [-0.39, 0.29) is 18.0 Å². The number of aromatic nitrogens is 1. The molecule has 0 amide bonds. The molecule has 0 aliphatic carbocycles. The van der Waals surface area contributed by atoms with E-state index in [0.29, 0.717) is 4.47 Å². The number of likely N-dealkylation sites (N-methyl/N-ethyl adjacent to an activating group) is 1. The molecule has 98 valence electrons. The normalized spacial score (nSPS) is 17.9. The maximum Gasteiger partial charge on any atom is 0.198 e. The van der Waals surface area contributed by atoms with Crippen LogP contribution in [0.15, 0.2) is 16.7 Å². The van der Waals surface area contributed by atoms with Crippen molar-refractivity contribution in [2.45, 2.75) is 0 Å². The zero-order valence-electron chi connectivity index (χ0n) is 10.2. The fourth-order valence-corrected chi connectivity index (χ4v) is 2.21. The largest absolute Gasteiger partial charge is 0.304 e. The molecule has 1 saturated heterocycles. The molecule has 18 heavy (non-hydrogen) atoms. The SMILES string of the molecule is CN1CCN(CC(=O)c2ncc(Br)cc2F)CC1. The standard InChI is InChI=1S/C12H15BrFN3O/c1-16-2-4-17(5-3-16)8-11(18)12-10(14)6-9(13)7-15-12/h6-7H,2-5,8H2,1H3. The fraction of sp³-hybridized carbons (Fsp3) is 0.500. The highest BCUT2D eigenvalue weighted by molar-refractivity contribution is 9.10. The third-order valence-electron chi connectivity index (χ3n) is 3.04. The van der Waals surface area contributed by atoms with Gasteiger partial charge in [0.15, 0.2) is 11.6 Å². The Hall–Kier alpha value is -0.850. The Balaban J connectivity index is 1.99. The lowest BCUT2D eigenvalue weighted by Crippen LogP contribution is -2.46. The lowest BCUT2D eigenvalue weighted by atomic mass is 10.2. The molecular weight excluding hydrogens is 301 g/mol. The highest BCUT2D eigenvalue weighted by Crippen LogP contribution is 2.13. The summed E-state index contributed by atoms with van der Waals surface area (Å²) < 4.78 is 14.1. The molecule has 0 saturated carbocycles. The van der Waals surface area contributed by atoms with Crippen LogP contribution in [0.2, 0.25) is 0 Å². The van der Waals surface area contributed by atoms with E-state index in [1.165, 1.54) is 12.3 Å². The van der Waals surface area contributed by atoms with Crippen molar-refractivity contribution in [2.24, 2.45) is 0 Å². The van der Waals surface area contributed by atoms with Crippen LogP contribution in [0.25, 0.3) is 0 Å². The van der Waals surface area contributed by atoms with Crippen LogP contribution >= 0.6 is 15.9 Å². The molecule has 2 heterocycles.